The zero-order valence-electron chi connectivity index (χ0n) is 30.9. The average Bonchev–Trinajstić information content (AvgIpc) is 3.70. The fraction of sp³-hybridized carbons (Fsp3) is 0.256. The first-order chi connectivity index (χ1) is 27.2. The van der Waals surface area contributed by atoms with Gasteiger partial charge in [0, 0.05) is 49.6 Å². The number of aryl methyl sites for hydroxylation is 2. The number of carbonyl (C=O) groups is 1. The number of sulfonamides is 1. The van der Waals surface area contributed by atoms with Crippen LogP contribution in [0.2, 0.25) is 5.02 Å². The largest absolute Gasteiger partial charge is 0.344 e. The summed E-state index contributed by atoms with van der Waals surface area (Å²) in [5.41, 5.74) is 3.02. The third kappa shape index (κ3) is 7.59. The maximum atomic E-state index is 15.0. The van der Waals surface area contributed by atoms with E-state index >= 15 is 0 Å². The minimum Gasteiger partial charge on any atom is -0.344 e. The molecule has 0 saturated heterocycles. The van der Waals surface area contributed by atoms with Crippen LogP contribution in [0.4, 0.5) is 14.6 Å². The van der Waals surface area contributed by atoms with E-state index in [0.29, 0.717) is 22.9 Å². The standard InChI is InChI=1S/C39H35ClF2N10O4S/c1-21-35(44-13-12-43-21)24-7-8-27-30(18-24)46-38(52(39(27)54)32-10-9-28(40)34-36(32)50(2)48-37(34)49-57(3,55)56)31(17-22-15-25(41)19-26(42)16-22)45-33(53)20-51-14-11-29(47-51)23-5-4-6-23/h7-16,18-19,23,31H,4-6,17,20H2,1-3H3,(H,45,53)(H,48,49)/t31-/m0/s1. The number of anilines is 1. The predicted octanol–water partition coefficient (Wildman–Crippen LogP) is 5.91. The van der Waals surface area contributed by atoms with E-state index in [9.17, 15) is 26.8 Å². The van der Waals surface area contributed by atoms with Crippen LogP contribution in [0.5, 0.6) is 0 Å². The van der Waals surface area contributed by atoms with Crippen molar-refractivity contribution >= 4 is 55.2 Å². The number of nitrogens with zero attached hydrogens (tertiary/aromatic N) is 8. The van der Waals surface area contributed by atoms with Gasteiger partial charge < -0.3 is 5.32 Å². The number of amides is 1. The Hall–Kier alpha value is -6.07. The van der Waals surface area contributed by atoms with Crippen molar-refractivity contribution in [1.29, 1.82) is 0 Å². The minimum atomic E-state index is -3.81. The van der Waals surface area contributed by atoms with E-state index in [0.717, 1.165) is 49.4 Å². The monoisotopic (exact) mass is 812 g/mol. The molecule has 1 fully saturated rings. The van der Waals surface area contributed by atoms with Crippen molar-refractivity contribution in [2.45, 2.75) is 51.1 Å². The Morgan fingerprint density at radius 3 is 2.47 bits per heavy atom. The SMILES string of the molecule is Cc1nccnc1-c1ccc2c(=O)n(-c3ccc(Cl)c4c(NS(C)(=O)=O)nn(C)c34)c([C@H](Cc3cc(F)cc(F)c3)NC(=O)Cn3ccc(C4CCC4)n3)nc2c1. The number of carbonyl (C=O) groups excluding carboxylic acids is 1. The highest BCUT2D eigenvalue weighted by molar-refractivity contribution is 7.92. The number of fused-ring (bicyclic) bond motifs is 2. The van der Waals surface area contributed by atoms with Gasteiger partial charge in [0.25, 0.3) is 5.56 Å². The lowest BCUT2D eigenvalue weighted by atomic mass is 9.83. The van der Waals surface area contributed by atoms with Gasteiger partial charge >= 0.3 is 0 Å². The average molecular weight is 813 g/mol. The molecule has 4 aromatic heterocycles. The first-order valence-corrected chi connectivity index (χ1v) is 20.2. The summed E-state index contributed by atoms with van der Waals surface area (Å²) in [4.78, 5) is 42.7. The lowest BCUT2D eigenvalue weighted by molar-refractivity contribution is -0.122. The quantitative estimate of drug-likeness (QED) is 0.161. The van der Waals surface area contributed by atoms with Gasteiger partial charge in [-0.25, -0.2) is 22.2 Å². The van der Waals surface area contributed by atoms with Crippen LogP contribution < -0.4 is 15.6 Å². The molecule has 0 spiro atoms. The summed E-state index contributed by atoms with van der Waals surface area (Å²) in [6.07, 6.45) is 8.78. The molecule has 0 aliphatic heterocycles. The molecule has 7 aromatic rings. The van der Waals surface area contributed by atoms with Crippen LogP contribution in [0.25, 0.3) is 38.8 Å². The van der Waals surface area contributed by atoms with Crippen LogP contribution >= 0.6 is 11.6 Å². The van der Waals surface area contributed by atoms with Crippen LogP contribution in [0.3, 0.4) is 0 Å². The number of hydrogen-bond acceptors (Lipinski definition) is 9. The van der Waals surface area contributed by atoms with Gasteiger partial charge in [0.2, 0.25) is 15.9 Å². The van der Waals surface area contributed by atoms with Crippen molar-refractivity contribution in [2.75, 3.05) is 11.0 Å². The Morgan fingerprint density at radius 2 is 1.77 bits per heavy atom. The summed E-state index contributed by atoms with van der Waals surface area (Å²) in [5.74, 6) is -1.91. The van der Waals surface area contributed by atoms with Gasteiger partial charge in [0.05, 0.1) is 61.9 Å². The van der Waals surface area contributed by atoms with E-state index in [2.05, 4.69) is 30.2 Å². The van der Waals surface area contributed by atoms with Gasteiger partial charge in [0.15, 0.2) is 5.82 Å². The molecule has 8 rings (SSSR count). The lowest BCUT2D eigenvalue weighted by Crippen LogP contribution is -2.37. The van der Waals surface area contributed by atoms with Crippen LogP contribution in [-0.2, 0) is 34.8 Å². The van der Waals surface area contributed by atoms with Crippen molar-refractivity contribution in [3.05, 3.63) is 123 Å². The van der Waals surface area contributed by atoms with E-state index in [1.807, 2.05) is 6.07 Å². The van der Waals surface area contributed by atoms with E-state index in [1.54, 1.807) is 56.8 Å². The van der Waals surface area contributed by atoms with Crippen LogP contribution in [0.1, 0.15) is 54.0 Å². The van der Waals surface area contributed by atoms with Crippen molar-refractivity contribution in [2.24, 2.45) is 7.05 Å². The molecule has 3 aromatic carbocycles. The molecule has 1 aliphatic rings. The lowest BCUT2D eigenvalue weighted by Gasteiger charge is -2.24. The number of rotatable bonds is 11. The molecule has 18 heteroatoms. The van der Waals surface area contributed by atoms with Gasteiger partial charge in [-0.15, -0.1) is 0 Å². The summed E-state index contributed by atoms with van der Waals surface area (Å²) >= 11 is 6.67. The zero-order valence-corrected chi connectivity index (χ0v) is 32.4. The Balaban J connectivity index is 1.35. The predicted molar refractivity (Wildman–Crippen MR) is 211 cm³/mol. The number of benzene rings is 3. The number of aromatic nitrogens is 8. The molecule has 2 N–H and O–H groups in total. The van der Waals surface area contributed by atoms with Crippen LogP contribution in [0.15, 0.2) is 78.0 Å². The molecule has 1 atom stereocenters. The highest BCUT2D eigenvalue weighted by Crippen LogP contribution is 2.37. The molecule has 292 valence electrons. The van der Waals surface area contributed by atoms with E-state index < -0.39 is 39.2 Å². The summed E-state index contributed by atoms with van der Waals surface area (Å²) < 4.78 is 60.6. The molecular weight excluding hydrogens is 778 g/mol. The van der Waals surface area contributed by atoms with Crippen LogP contribution in [0, 0.1) is 18.6 Å². The molecule has 1 saturated carbocycles. The topological polar surface area (TPSA) is 172 Å². The van der Waals surface area contributed by atoms with Crippen molar-refractivity contribution < 1.29 is 22.0 Å². The number of halogens is 3. The van der Waals surface area contributed by atoms with Crippen molar-refractivity contribution in [3.63, 3.8) is 0 Å². The summed E-state index contributed by atoms with van der Waals surface area (Å²) in [6.45, 7) is 1.61. The molecule has 4 heterocycles. The zero-order chi connectivity index (χ0) is 40.2. The second-order valence-corrected chi connectivity index (χ2v) is 16.3. The van der Waals surface area contributed by atoms with Gasteiger partial charge in [0.1, 0.15) is 24.0 Å². The maximum Gasteiger partial charge on any atom is 0.266 e. The first-order valence-electron chi connectivity index (χ1n) is 18.0. The number of nitrogens with one attached hydrogen (secondary N) is 2. The summed E-state index contributed by atoms with van der Waals surface area (Å²) in [6, 6.07) is 11.8. The number of hydrogen-bond donors (Lipinski definition) is 2. The van der Waals surface area contributed by atoms with E-state index in [-0.39, 0.29) is 62.7 Å². The fourth-order valence-corrected chi connectivity index (χ4v) is 7.98. The fourth-order valence-electron chi connectivity index (χ4n) is 7.24. The molecule has 0 radical (unpaired) electrons. The van der Waals surface area contributed by atoms with E-state index in [4.69, 9.17) is 16.6 Å². The molecule has 1 amide bonds. The highest BCUT2D eigenvalue weighted by Gasteiger charge is 2.28. The van der Waals surface area contributed by atoms with Gasteiger partial charge in [-0.2, -0.15) is 10.2 Å². The summed E-state index contributed by atoms with van der Waals surface area (Å²) in [7, 11) is -2.26. The smallest absolute Gasteiger partial charge is 0.266 e. The second kappa shape index (κ2) is 14.8. The molecule has 1 aliphatic carbocycles. The second-order valence-electron chi connectivity index (χ2n) is 14.1. The van der Waals surface area contributed by atoms with E-state index in [1.165, 1.54) is 20.0 Å². The normalized spacial score (nSPS) is 13.9. The molecule has 14 nitrogen and oxygen atoms in total. The van der Waals surface area contributed by atoms with Crippen molar-refractivity contribution in [3.8, 4) is 16.9 Å². The third-order valence-electron chi connectivity index (χ3n) is 9.99. The Kier molecular flexibility index (Phi) is 9.81. The van der Waals surface area contributed by atoms with Crippen molar-refractivity contribution in [1.82, 2.24) is 44.4 Å². The van der Waals surface area contributed by atoms with Gasteiger partial charge in [-0.3, -0.25) is 38.2 Å². The molecule has 57 heavy (non-hydrogen) atoms. The molecular formula is C39H35ClF2N10O4S. The third-order valence-corrected chi connectivity index (χ3v) is 10.9. The van der Waals surface area contributed by atoms with Crippen LogP contribution in [-0.4, -0.2) is 59.7 Å². The molecule has 0 unspecified atom stereocenters. The Morgan fingerprint density at radius 1 is 1.02 bits per heavy atom. The summed E-state index contributed by atoms with van der Waals surface area (Å²) in [5, 5.41) is 12.5. The Bertz CT molecular complexity index is 2890. The molecule has 0 bridgehead atoms. The first kappa shape index (κ1) is 37.8. The highest BCUT2D eigenvalue weighted by atomic mass is 35.5. The Labute approximate surface area is 329 Å². The van der Waals surface area contributed by atoms with Gasteiger partial charge in [-0.05, 0) is 67.8 Å². The minimum absolute atomic E-state index is 0.00314. The maximum absolute atomic E-state index is 15.0. The van der Waals surface area contributed by atoms with Gasteiger partial charge in [-0.1, -0.05) is 24.1 Å².